The quantitative estimate of drug-likeness (QED) is 0.568. The number of nitrogens with one attached hydrogen (secondary N) is 2. The van der Waals surface area contributed by atoms with Crippen LogP contribution < -0.4 is 10.6 Å². The first kappa shape index (κ1) is 21.6. The van der Waals surface area contributed by atoms with Gasteiger partial charge < -0.3 is 5.32 Å². The van der Waals surface area contributed by atoms with Crippen molar-refractivity contribution >= 4 is 5.91 Å². The zero-order valence-corrected chi connectivity index (χ0v) is 13.8. The van der Waals surface area contributed by atoms with E-state index < -0.39 is 47.7 Å². The van der Waals surface area contributed by atoms with Crippen molar-refractivity contribution in [3.63, 3.8) is 0 Å². The van der Waals surface area contributed by atoms with Gasteiger partial charge in [-0.15, -0.1) is 0 Å². The van der Waals surface area contributed by atoms with Crippen molar-refractivity contribution in [2.24, 2.45) is 0 Å². The minimum absolute atomic E-state index is 0.0979. The number of rotatable bonds is 5. The second-order valence-electron chi connectivity index (χ2n) is 5.69. The van der Waals surface area contributed by atoms with Crippen molar-refractivity contribution in [2.45, 2.75) is 24.6 Å². The second kappa shape index (κ2) is 7.74. The molecule has 0 aliphatic rings. The fourth-order valence-corrected chi connectivity index (χ4v) is 2.26. The van der Waals surface area contributed by atoms with Crippen LogP contribution in [0.4, 0.5) is 35.1 Å². The van der Waals surface area contributed by atoms with Crippen molar-refractivity contribution in [2.75, 3.05) is 0 Å². The van der Waals surface area contributed by atoms with E-state index in [4.69, 9.17) is 0 Å². The third kappa shape index (κ3) is 4.58. The number of carbonyl (C=O) groups excluding carboxylic acids is 1. The van der Waals surface area contributed by atoms with Crippen molar-refractivity contribution in [3.8, 4) is 0 Å². The average Bonchev–Trinajstić information content (AvgIpc) is 2.57. The Balaban J connectivity index is 2.39. The zero-order valence-electron chi connectivity index (χ0n) is 13.8. The Morgan fingerprint density at radius 2 is 1.39 bits per heavy atom. The van der Waals surface area contributed by atoms with Gasteiger partial charge in [0, 0.05) is 12.1 Å². The Morgan fingerprint density at radius 3 is 1.89 bits per heavy atom. The molecule has 0 unspecified atom stereocenters. The maximum Gasteiger partial charge on any atom is 0.434 e. The van der Waals surface area contributed by atoms with E-state index in [2.05, 4.69) is 0 Å². The summed E-state index contributed by atoms with van der Waals surface area (Å²) in [7, 11) is 0. The van der Waals surface area contributed by atoms with Crippen LogP contribution in [0.2, 0.25) is 0 Å². The smallest absolute Gasteiger partial charge is 0.319 e. The van der Waals surface area contributed by atoms with Crippen LogP contribution in [0.5, 0.6) is 0 Å². The Morgan fingerprint density at radius 1 is 0.821 bits per heavy atom. The molecule has 0 heterocycles. The van der Waals surface area contributed by atoms with Crippen molar-refractivity contribution in [3.05, 3.63) is 71.3 Å². The summed E-state index contributed by atoms with van der Waals surface area (Å²) >= 11 is 0. The lowest BCUT2D eigenvalue weighted by molar-refractivity contribution is -0.314. The highest BCUT2D eigenvalue weighted by Crippen LogP contribution is 2.41. The van der Waals surface area contributed by atoms with Crippen LogP contribution in [-0.2, 0) is 6.54 Å². The summed E-state index contributed by atoms with van der Waals surface area (Å²) in [6.45, 7) is -0.997. The Hall–Kier alpha value is -2.69. The number of hydrogen-bond donors (Lipinski definition) is 2. The fraction of sp³-hybridized carbons (Fsp3) is 0.235. The van der Waals surface area contributed by atoms with Gasteiger partial charge in [0.05, 0.1) is 0 Å². The molecule has 2 N–H and O–H groups in total. The lowest BCUT2D eigenvalue weighted by Crippen LogP contribution is -2.75. The lowest BCUT2D eigenvalue weighted by atomic mass is 10.1. The Kier molecular flexibility index (Phi) is 5.97. The van der Waals surface area contributed by atoms with Crippen LogP contribution in [0.15, 0.2) is 48.5 Å². The standard InChI is InChI=1S/C17H12F8N2O/c18-12-6-4-10(5-7-12)9-26-15(16(20,21)22,17(23,24)25)27-14(28)11-2-1-3-13(19)8-11/h1-8,26H,9H2,(H,27,28). The van der Waals surface area contributed by atoms with E-state index in [1.54, 1.807) is 0 Å². The predicted molar refractivity (Wildman–Crippen MR) is 81.9 cm³/mol. The highest BCUT2D eigenvalue weighted by Gasteiger charge is 2.72. The van der Waals surface area contributed by atoms with Crippen LogP contribution >= 0.6 is 0 Å². The van der Waals surface area contributed by atoms with E-state index in [1.807, 2.05) is 0 Å². The molecular weight excluding hydrogens is 400 g/mol. The fourth-order valence-electron chi connectivity index (χ4n) is 2.26. The highest BCUT2D eigenvalue weighted by molar-refractivity contribution is 5.94. The van der Waals surface area contributed by atoms with Crippen molar-refractivity contribution in [1.29, 1.82) is 0 Å². The molecule has 152 valence electrons. The van der Waals surface area contributed by atoms with Crippen molar-refractivity contribution in [1.82, 2.24) is 10.6 Å². The van der Waals surface area contributed by atoms with Crippen LogP contribution in [0, 0.1) is 11.6 Å². The predicted octanol–water partition coefficient (Wildman–Crippen LogP) is 4.31. The number of benzene rings is 2. The zero-order chi connectivity index (χ0) is 21.2. The van der Waals surface area contributed by atoms with E-state index >= 15 is 0 Å². The van der Waals surface area contributed by atoms with Gasteiger partial charge in [-0.1, -0.05) is 18.2 Å². The molecule has 1 amide bonds. The van der Waals surface area contributed by atoms with E-state index in [1.165, 1.54) is 5.32 Å². The van der Waals surface area contributed by atoms with Crippen LogP contribution in [0.25, 0.3) is 0 Å². The monoisotopic (exact) mass is 412 g/mol. The summed E-state index contributed by atoms with van der Waals surface area (Å²) in [5.74, 6) is -3.54. The number of carbonyl (C=O) groups is 1. The molecule has 0 atom stereocenters. The summed E-state index contributed by atoms with van der Waals surface area (Å²) in [6, 6.07) is 6.84. The van der Waals surface area contributed by atoms with Gasteiger partial charge in [-0.25, -0.2) is 8.78 Å². The molecule has 28 heavy (non-hydrogen) atoms. The Bertz CT molecular complexity index is 816. The largest absolute Gasteiger partial charge is 0.434 e. The molecule has 3 nitrogen and oxygen atoms in total. The first-order chi connectivity index (χ1) is 12.9. The third-order valence-corrected chi connectivity index (χ3v) is 3.71. The number of halogens is 8. The van der Waals surface area contributed by atoms with Gasteiger partial charge >= 0.3 is 12.4 Å². The number of amides is 1. The molecule has 0 fully saturated rings. The van der Waals surface area contributed by atoms with Gasteiger partial charge in [0.2, 0.25) is 0 Å². The average molecular weight is 412 g/mol. The summed E-state index contributed by atoms with van der Waals surface area (Å²) in [5.41, 5.74) is -5.65. The third-order valence-electron chi connectivity index (χ3n) is 3.71. The summed E-state index contributed by atoms with van der Waals surface area (Å²) in [6.07, 6.45) is -12.0. The molecule has 0 aliphatic heterocycles. The Labute approximate surface area is 153 Å². The molecule has 0 bridgehead atoms. The molecule has 2 aromatic carbocycles. The first-order valence-corrected chi connectivity index (χ1v) is 7.57. The molecule has 0 radical (unpaired) electrons. The second-order valence-corrected chi connectivity index (χ2v) is 5.69. The molecular formula is C17H12F8N2O. The molecule has 2 aromatic rings. The van der Waals surface area contributed by atoms with E-state index in [-0.39, 0.29) is 5.56 Å². The van der Waals surface area contributed by atoms with Gasteiger partial charge in [0.1, 0.15) is 11.6 Å². The van der Waals surface area contributed by atoms with Gasteiger partial charge in [-0.2, -0.15) is 26.3 Å². The van der Waals surface area contributed by atoms with E-state index in [9.17, 15) is 39.9 Å². The molecule has 0 aliphatic carbocycles. The molecule has 0 saturated heterocycles. The number of hydrogen-bond acceptors (Lipinski definition) is 2. The first-order valence-electron chi connectivity index (χ1n) is 7.57. The summed E-state index contributed by atoms with van der Waals surface area (Å²) in [4.78, 5) is 12.0. The molecule has 11 heteroatoms. The summed E-state index contributed by atoms with van der Waals surface area (Å²) in [5, 5.41) is 2.16. The normalized spacial score (nSPS) is 12.7. The van der Waals surface area contributed by atoms with Gasteiger partial charge in [0.25, 0.3) is 11.6 Å². The minimum Gasteiger partial charge on any atom is -0.319 e. The van der Waals surface area contributed by atoms with Crippen LogP contribution in [0.3, 0.4) is 0 Å². The van der Waals surface area contributed by atoms with Gasteiger partial charge in [-0.05, 0) is 35.9 Å². The van der Waals surface area contributed by atoms with E-state index in [0.717, 1.165) is 47.8 Å². The number of alkyl halides is 6. The van der Waals surface area contributed by atoms with Gasteiger partial charge in [-0.3, -0.25) is 10.1 Å². The molecule has 0 spiro atoms. The van der Waals surface area contributed by atoms with E-state index in [0.29, 0.717) is 6.07 Å². The van der Waals surface area contributed by atoms with Crippen LogP contribution in [-0.4, -0.2) is 23.9 Å². The maximum absolute atomic E-state index is 13.5. The van der Waals surface area contributed by atoms with Gasteiger partial charge in [0.15, 0.2) is 0 Å². The molecule has 0 saturated carbocycles. The lowest BCUT2D eigenvalue weighted by Gasteiger charge is -2.38. The van der Waals surface area contributed by atoms with Crippen LogP contribution in [0.1, 0.15) is 15.9 Å². The van der Waals surface area contributed by atoms with Crippen molar-refractivity contribution < 1.29 is 39.9 Å². The summed E-state index contributed by atoms with van der Waals surface area (Å²) < 4.78 is 107. The highest BCUT2D eigenvalue weighted by atomic mass is 19.4. The molecule has 2 rings (SSSR count). The minimum atomic E-state index is -6.01. The maximum atomic E-state index is 13.5. The topological polar surface area (TPSA) is 41.1 Å². The SMILES string of the molecule is O=C(NC(NCc1ccc(F)cc1)(C(F)(F)F)C(F)(F)F)c1cccc(F)c1. The molecule has 0 aromatic heterocycles.